The van der Waals surface area contributed by atoms with Crippen molar-refractivity contribution in [3.05, 3.63) is 59.5 Å². The van der Waals surface area contributed by atoms with Crippen molar-refractivity contribution in [3.63, 3.8) is 0 Å². The van der Waals surface area contributed by atoms with Gasteiger partial charge in [-0.05, 0) is 20.8 Å². The van der Waals surface area contributed by atoms with E-state index in [1.807, 2.05) is 81.2 Å². The number of carbonyl (C=O) groups excluding carboxylic acids is 1. The van der Waals surface area contributed by atoms with E-state index in [0.29, 0.717) is 0 Å². The number of hydrogen-bond donors (Lipinski definition) is 0. The van der Waals surface area contributed by atoms with Crippen LogP contribution in [0.5, 0.6) is 0 Å². The van der Waals surface area contributed by atoms with E-state index in [1.165, 1.54) is 63.6 Å². The molecule has 0 spiro atoms. The van der Waals surface area contributed by atoms with Crippen LogP contribution in [0.3, 0.4) is 0 Å². The molecule has 1 aromatic heterocycles. The molecule has 0 aliphatic rings. The number of rotatable bonds is 6. The minimum absolute atomic E-state index is 0. The summed E-state index contributed by atoms with van der Waals surface area (Å²) in [4.78, 5) is 14.6. The summed E-state index contributed by atoms with van der Waals surface area (Å²) in [5.41, 5.74) is 4.51. The van der Waals surface area contributed by atoms with Gasteiger partial charge < -0.3 is 4.90 Å². The quantitative estimate of drug-likeness (QED) is 0.170. The summed E-state index contributed by atoms with van der Waals surface area (Å²) in [6.07, 6.45) is 4.28. The summed E-state index contributed by atoms with van der Waals surface area (Å²) in [6, 6.07) is 10.6. The molecule has 0 saturated heterocycles. The van der Waals surface area contributed by atoms with Gasteiger partial charge in [-0.3, -0.25) is 4.79 Å². The van der Waals surface area contributed by atoms with Gasteiger partial charge in [0.05, 0.1) is 0 Å². The van der Waals surface area contributed by atoms with Gasteiger partial charge in [-0.15, -0.1) is 0 Å². The monoisotopic (exact) mass is 1620 g/mol. The normalized spacial score (nSPS) is 7.79. The zero-order valence-corrected chi connectivity index (χ0v) is 46.5. The van der Waals surface area contributed by atoms with Crippen molar-refractivity contribution in [2.24, 2.45) is 0 Å². The zero-order valence-electron chi connectivity index (χ0n) is 28.9. The first-order chi connectivity index (χ1) is 18.9. The molecule has 2 rings (SSSR count). The fourth-order valence-electron chi connectivity index (χ4n) is 2.14. The number of amides is 1. The first-order valence-corrected chi connectivity index (χ1v) is 17.9. The van der Waals surface area contributed by atoms with Crippen LogP contribution in [0.25, 0.3) is 0 Å². The molecular weight excluding hydrogens is 1560 g/mol. The average Bonchev–Trinajstić information content (AvgIpc) is 3.52. The number of nitrogens with zero attached hydrogens (tertiary/aromatic N) is 3. The fourth-order valence-corrected chi connectivity index (χ4v) is 3.81. The first kappa shape index (κ1) is 62.9. The van der Waals surface area contributed by atoms with E-state index in [0.717, 1.165) is 23.3 Å². The number of allylic oxidation sites excluding steroid dienone is 1. The van der Waals surface area contributed by atoms with Crippen molar-refractivity contribution in [3.8, 4) is 0 Å². The number of aromatic nitrogens is 1. The Morgan fingerprint density at radius 2 is 1.30 bits per heavy atom. The Hall–Kier alpha value is 1.18. The van der Waals surface area contributed by atoms with Crippen LogP contribution in [0.1, 0.15) is 95.1 Å². The third-order valence-electron chi connectivity index (χ3n) is 4.49. The molecule has 1 heterocycles. The maximum Gasteiger partial charge on any atom is 0 e. The van der Waals surface area contributed by atoms with E-state index in [1.54, 1.807) is 31.5 Å². The summed E-state index contributed by atoms with van der Waals surface area (Å²) >= 11 is 4.15. The van der Waals surface area contributed by atoms with Crippen molar-refractivity contribution in [1.29, 1.82) is 0 Å². The molecule has 0 saturated carbocycles. The number of hydrogen-bond acceptors (Lipinski definition) is 4. The molecule has 11 heteroatoms. The Morgan fingerprint density at radius 3 is 1.56 bits per heavy atom. The average molecular weight is 1620 g/mol. The van der Waals surface area contributed by atoms with Crippen molar-refractivity contribution in [2.45, 2.75) is 94.9 Å². The minimum Gasteiger partial charge on any atom is 0 e. The van der Waals surface area contributed by atoms with Gasteiger partial charge in [-0.1, -0.05) is 47.1 Å². The van der Waals surface area contributed by atoms with E-state index in [2.05, 4.69) is 67.2 Å². The maximum atomic E-state index is 11.2. The second-order valence-electron chi connectivity index (χ2n) is 8.13. The van der Waals surface area contributed by atoms with Crippen LogP contribution in [0.4, 0.5) is 5.69 Å². The molecule has 5 nitrogen and oxygen atoms in total. The van der Waals surface area contributed by atoms with Crippen molar-refractivity contribution in [2.75, 3.05) is 26.0 Å². The maximum absolute atomic E-state index is 11.2. The summed E-state index contributed by atoms with van der Waals surface area (Å²) in [5, 5.41) is 3.54. The molecule has 0 fully saturated rings. The largest absolute Gasteiger partial charge is 0 e. The van der Waals surface area contributed by atoms with Gasteiger partial charge >= 0.3 is 180 Å². The Balaban J connectivity index is -0.0000000611. The molecule has 0 aliphatic heterocycles. The van der Waals surface area contributed by atoms with Crippen molar-refractivity contribution >= 4 is 24.9 Å². The first-order valence-electron chi connectivity index (χ1n) is 13.5. The number of likely N-dealkylation sites (N-methyl/N-ethyl adjacent to an activating group) is 1. The molecule has 0 atom stereocenters. The Kier molecular flexibility index (Phi) is 66.3. The van der Waals surface area contributed by atoms with Gasteiger partial charge in [0.15, 0.2) is 0 Å². The SMILES string of the molecule is CC.CC.CC.CC(C)(C[C-]=[W])c1ccccc1.CC(C)=C(C)C(=O)N(C)C.CN([C-]=[W])c1cnoc1.C[C-]=[W].[W].[W].[W]. The predicted molar refractivity (Wildman–Crippen MR) is 166 cm³/mol. The second kappa shape index (κ2) is 45.3. The number of benzene rings is 1. The van der Waals surface area contributed by atoms with Crippen LogP contribution in [-0.4, -0.2) is 50.4 Å². The van der Waals surface area contributed by atoms with Crippen LogP contribution in [0.2, 0.25) is 0 Å². The van der Waals surface area contributed by atoms with Crippen LogP contribution in [-0.2, 0) is 131 Å². The predicted octanol–water partition coefficient (Wildman–Crippen LogP) is 7.61. The smallest absolute Gasteiger partial charge is 0 e. The van der Waals surface area contributed by atoms with Crippen LogP contribution >= 0.6 is 0 Å². The molecule has 0 radical (unpaired) electrons. The van der Waals surface area contributed by atoms with Crippen LogP contribution in [0.15, 0.2) is 58.5 Å². The topological polar surface area (TPSA) is 49.6 Å². The van der Waals surface area contributed by atoms with Gasteiger partial charge in [-0.25, -0.2) is 0 Å². The molecule has 0 N–H and O–H groups in total. The number of carbonyl (C=O) groups is 1. The van der Waals surface area contributed by atoms with Crippen molar-refractivity contribution < 1.29 is 131 Å². The molecule has 1 aromatic carbocycles. The minimum atomic E-state index is 0. The Morgan fingerprint density at radius 1 is 0.884 bits per heavy atom. The molecule has 1 amide bonds. The Labute approximate surface area is 341 Å². The zero-order chi connectivity index (χ0) is 32.7. The summed E-state index contributed by atoms with van der Waals surface area (Å²) in [6.45, 7) is 24.2. The molecule has 43 heavy (non-hydrogen) atoms. The van der Waals surface area contributed by atoms with Gasteiger partial charge in [-0.2, -0.15) is 0 Å². The van der Waals surface area contributed by atoms with Crippen LogP contribution < -0.4 is 4.90 Å². The third-order valence-corrected chi connectivity index (χ3v) is 5.99. The van der Waals surface area contributed by atoms with Gasteiger partial charge in [0, 0.05) is 82.9 Å². The standard InChI is InChI=1S/C11H13.C8H15NO.C5H5N2O.3C2H6.C2H3.6W/c1-4-11(2,3)10-8-6-5-7-9-10;1-6(2)7(3)8(10)9(4)5;1-7(2)5-3-6-8-4-5;4*1-2;;;;;;/h5-9H,4H2,2-3H3;1-5H3;3-4H,1H3;3*1-2H3;1H3;;;;;;/q-1;;-1;;;;-1;;;;;;. The molecule has 0 bridgehead atoms. The van der Waals surface area contributed by atoms with E-state index in [-0.39, 0.29) is 74.5 Å². The summed E-state index contributed by atoms with van der Waals surface area (Å²) in [7, 11) is 5.42. The molecule has 0 unspecified atom stereocenters. The van der Waals surface area contributed by atoms with E-state index < -0.39 is 0 Å². The molecule has 0 aliphatic carbocycles. The number of anilines is 1. The van der Waals surface area contributed by atoms with Gasteiger partial charge in [0.25, 0.3) is 0 Å². The molecular formula is C32H54N3O2W6-3. The van der Waals surface area contributed by atoms with E-state index >= 15 is 0 Å². The van der Waals surface area contributed by atoms with E-state index in [4.69, 9.17) is 0 Å². The molecule has 2 aromatic rings. The van der Waals surface area contributed by atoms with Crippen molar-refractivity contribution in [1.82, 2.24) is 10.1 Å². The van der Waals surface area contributed by atoms with Crippen LogP contribution in [0, 0.1) is 0 Å². The third kappa shape index (κ3) is 37.5. The Bertz CT molecular complexity index is 886. The molecule has 248 valence electrons. The summed E-state index contributed by atoms with van der Waals surface area (Å²) < 4.78 is 13.7. The summed E-state index contributed by atoms with van der Waals surface area (Å²) in [5.74, 6) is 0.0972. The van der Waals surface area contributed by atoms with E-state index in [9.17, 15) is 4.79 Å². The van der Waals surface area contributed by atoms with Gasteiger partial charge in [0.2, 0.25) is 5.91 Å². The fraction of sp³-hybridized carbons (Fsp3) is 0.531. The second-order valence-corrected chi connectivity index (χ2v) is 11.3. The van der Waals surface area contributed by atoms with Gasteiger partial charge in [0.1, 0.15) is 0 Å².